The highest BCUT2D eigenvalue weighted by Gasteiger charge is 2.34. The first-order chi connectivity index (χ1) is 9.27. The lowest BCUT2D eigenvalue weighted by atomic mass is 10.3. The highest BCUT2D eigenvalue weighted by atomic mass is 35.5. The minimum Gasteiger partial charge on any atom is -0.326 e. The first-order valence-corrected chi connectivity index (χ1v) is 5.91. The number of nitrogens with one attached hydrogen (secondary N) is 2. The van der Waals surface area contributed by atoms with Gasteiger partial charge in [0.25, 0.3) is 5.56 Å². The summed E-state index contributed by atoms with van der Waals surface area (Å²) in [6.07, 6.45) is -4.29. The third-order valence-corrected chi connectivity index (χ3v) is 3.03. The largest absolute Gasteiger partial charge is 0.423 e. The topological polar surface area (TPSA) is 57.8 Å². The molecule has 20 heavy (non-hydrogen) atoms. The van der Waals surface area contributed by atoms with Crippen molar-refractivity contribution in [1.82, 2.24) is 9.97 Å². The summed E-state index contributed by atoms with van der Waals surface area (Å²) in [4.78, 5) is 16.8. The quantitative estimate of drug-likeness (QED) is 0.882. The van der Waals surface area contributed by atoms with Crippen LogP contribution in [0.15, 0.2) is 29.2 Å². The number of benzene rings is 1. The number of aromatic nitrogens is 2. The van der Waals surface area contributed by atoms with Crippen LogP contribution in [0.1, 0.15) is 5.56 Å². The van der Waals surface area contributed by atoms with E-state index in [9.17, 15) is 18.0 Å². The van der Waals surface area contributed by atoms with Crippen LogP contribution in [0, 0.1) is 0 Å². The van der Waals surface area contributed by atoms with Gasteiger partial charge in [0.05, 0.1) is 10.0 Å². The van der Waals surface area contributed by atoms with Crippen molar-refractivity contribution >= 4 is 34.8 Å². The van der Waals surface area contributed by atoms with Crippen molar-refractivity contribution in [2.45, 2.75) is 6.18 Å². The molecule has 0 bridgehead atoms. The van der Waals surface area contributed by atoms with Crippen molar-refractivity contribution in [2.75, 3.05) is 5.32 Å². The molecule has 2 rings (SSSR count). The highest BCUT2D eigenvalue weighted by molar-refractivity contribution is 6.42. The molecular weight excluding hydrogens is 318 g/mol. The Morgan fingerprint density at radius 2 is 1.90 bits per heavy atom. The SMILES string of the molecule is O=c1[nH]c(Nc2ccc(Cl)c(Cl)c2)ncc1C(F)(F)F. The number of rotatable bonds is 2. The third-order valence-electron chi connectivity index (χ3n) is 2.29. The Hall–Kier alpha value is -1.73. The highest BCUT2D eigenvalue weighted by Crippen LogP contribution is 2.27. The second-order valence-corrected chi connectivity index (χ2v) is 4.54. The Kier molecular flexibility index (Phi) is 3.92. The normalized spacial score (nSPS) is 11.4. The Bertz CT molecular complexity index is 700. The second-order valence-electron chi connectivity index (χ2n) is 3.73. The van der Waals surface area contributed by atoms with Gasteiger partial charge in [0.15, 0.2) is 0 Å². The first kappa shape index (κ1) is 14.7. The fourth-order valence-corrected chi connectivity index (χ4v) is 1.67. The van der Waals surface area contributed by atoms with E-state index in [4.69, 9.17) is 23.2 Å². The molecule has 0 atom stereocenters. The van der Waals surface area contributed by atoms with Crippen LogP contribution >= 0.6 is 23.2 Å². The molecule has 0 radical (unpaired) electrons. The van der Waals surface area contributed by atoms with Crippen molar-refractivity contribution < 1.29 is 13.2 Å². The average molecular weight is 324 g/mol. The summed E-state index contributed by atoms with van der Waals surface area (Å²) < 4.78 is 37.2. The number of anilines is 2. The summed E-state index contributed by atoms with van der Waals surface area (Å²) in [5.74, 6) is -0.138. The smallest absolute Gasteiger partial charge is 0.326 e. The maximum absolute atomic E-state index is 12.4. The third kappa shape index (κ3) is 3.23. The van der Waals surface area contributed by atoms with Crippen molar-refractivity contribution in [1.29, 1.82) is 0 Å². The van der Waals surface area contributed by atoms with Gasteiger partial charge < -0.3 is 5.32 Å². The van der Waals surface area contributed by atoms with Crippen LogP contribution in [0.2, 0.25) is 10.0 Å². The van der Waals surface area contributed by atoms with E-state index in [2.05, 4.69) is 10.3 Å². The number of nitrogens with zero attached hydrogens (tertiary/aromatic N) is 1. The summed E-state index contributed by atoms with van der Waals surface area (Å²) in [5, 5.41) is 3.19. The minimum absolute atomic E-state index is 0.138. The van der Waals surface area contributed by atoms with Gasteiger partial charge in [0.1, 0.15) is 5.56 Å². The Labute approximate surface area is 120 Å². The maximum atomic E-state index is 12.4. The van der Waals surface area contributed by atoms with Crippen LogP contribution in [0.4, 0.5) is 24.8 Å². The molecule has 0 aliphatic carbocycles. The number of alkyl halides is 3. The zero-order chi connectivity index (χ0) is 14.9. The molecule has 0 saturated heterocycles. The van der Waals surface area contributed by atoms with Crippen LogP contribution in [0.3, 0.4) is 0 Å². The van der Waals surface area contributed by atoms with Gasteiger partial charge in [-0.3, -0.25) is 9.78 Å². The Morgan fingerprint density at radius 1 is 1.20 bits per heavy atom. The van der Waals surface area contributed by atoms with Gasteiger partial charge in [-0.1, -0.05) is 23.2 Å². The van der Waals surface area contributed by atoms with Crippen molar-refractivity contribution in [3.63, 3.8) is 0 Å². The lowest BCUT2D eigenvalue weighted by Gasteiger charge is -2.08. The van der Waals surface area contributed by atoms with Gasteiger partial charge in [-0.2, -0.15) is 13.2 Å². The summed E-state index contributed by atoms with van der Waals surface area (Å²) in [6, 6.07) is 4.47. The number of hydrogen-bond donors (Lipinski definition) is 2. The van der Waals surface area contributed by atoms with Gasteiger partial charge in [-0.15, -0.1) is 0 Å². The lowest BCUT2D eigenvalue weighted by Crippen LogP contribution is -2.22. The molecule has 4 nitrogen and oxygen atoms in total. The Morgan fingerprint density at radius 3 is 2.45 bits per heavy atom. The van der Waals surface area contributed by atoms with Crippen molar-refractivity contribution in [2.24, 2.45) is 0 Å². The van der Waals surface area contributed by atoms with Crippen LogP contribution in [-0.4, -0.2) is 9.97 Å². The van der Waals surface area contributed by atoms with E-state index in [0.29, 0.717) is 16.9 Å². The van der Waals surface area contributed by atoms with Crippen molar-refractivity contribution in [3.8, 4) is 0 Å². The second kappa shape index (κ2) is 5.34. The van der Waals surface area contributed by atoms with E-state index >= 15 is 0 Å². The molecule has 0 saturated carbocycles. The molecule has 0 fully saturated rings. The van der Waals surface area contributed by atoms with Gasteiger partial charge >= 0.3 is 6.18 Å². The van der Waals surface area contributed by atoms with E-state index in [1.165, 1.54) is 18.2 Å². The molecule has 9 heteroatoms. The van der Waals surface area contributed by atoms with Crippen LogP contribution in [0.5, 0.6) is 0 Å². The zero-order valence-electron chi connectivity index (χ0n) is 9.55. The van der Waals surface area contributed by atoms with Crippen LogP contribution in [0.25, 0.3) is 0 Å². The standard InChI is InChI=1S/C11H6Cl2F3N3O/c12-7-2-1-5(3-8(7)13)18-10-17-4-6(9(20)19-10)11(14,15)16/h1-4H,(H2,17,18,19,20). The molecule has 0 unspecified atom stereocenters. The van der Waals surface area contributed by atoms with Crippen LogP contribution in [-0.2, 0) is 6.18 Å². The first-order valence-electron chi connectivity index (χ1n) is 5.16. The predicted molar refractivity (Wildman–Crippen MR) is 69.6 cm³/mol. The summed E-state index contributed by atoms with van der Waals surface area (Å²) in [6.45, 7) is 0. The molecule has 106 valence electrons. The molecule has 2 N–H and O–H groups in total. The van der Waals surface area contributed by atoms with E-state index < -0.39 is 17.3 Å². The van der Waals surface area contributed by atoms with E-state index in [1.807, 2.05) is 4.98 Å². The molecule has 0 amide bonds. The molecule has 1 aromatic heterocycles. The number of halogens is 5. The molecule has 1 heterocycles. The van der Waals surface area contributed by atoms with Crippen LogP contribution < -0.4 is 10.9 Å². The predicted octanol–water partition coefficient (Wildman–Crippen LogP) is 3.84. The number of H-pyrrole nitrogens is 1. The summed E-state index contributed by atoms with van der Waals surface area (Å²) >= 11 is 11.5. The number of aromatic amines is 1. The summed E-state index contributed by atoms with van der Waals surface area (Å²) in [7, 11) is 0. The Balaban J connectivity index is 2.29. The molecule has 0 spiro atoms. The van der Waals surface area contributed by atoms with E-state index in [1.54, 1.807) is 0 Å². The monoisotopic (exact) mass is 323 g/mol. The lowest BCUT2D eigenvalue weighted by molar-refractivity contribution is -0.138. The minimum atomic E-state index is -4.75. The molecule has 1 aromatic carbocycles. The number of hydrogen-bond acceptors (Lipinski definition) is 3. The van der Waals surface area contributed by atoms with Gasteiger partial charge in [-0.25, -0.2) is 4.98 Å². The maximum Gasteiger partial charge on any atom is 0.423 e. The molecular formula is C11H6Cl2F3N3O. The summed E-state index contributed by atoms with van der Waals surface area (Å²) in [5.41, 5.74) is -2.23. The van der Waals surface area contributed by atoms with E-state index in [-0.39, 0.29) is 11.0 Å². The zero-order valence-corrected chi connectivity index (χ0v) is 11.1. The molecule has 0 aliphatic rings. The average Bonchev–Trinajstić information content (AvgIpc) is 2.32. The van der Waals surface area contributed by atoms with Gasteiger partial charge in [-0.05, 0) is 18.2 Å². The van der Waals surface area contributed by atoms with Gasteiger partial charge in [0, 0.05) is 11.9 Å². The fraction of sp³-hybridized carbons (Fsp3) is 0.0909. The van der Waals surface area contributed by atoms with E-state index in [0.717, 1.165) is 0 Å². The molecule has 2 aromatic rings. The van der Waals surface area contributed by atoms with Crippen molar-refractivity contribution in [3.05, 3.63) is 50.4 Å². The fourth-order valence-electron chi connectivity index (χ4n) is 1.37. The van der Waals surface area contributed by atoms with Gasteiger partial charge in [0.2, 0.25) is 5.95 Å². The molecule has 0 aliphatic heterocycles.